The molecule has 0 bridgehead atoms. The molecule has 2 aromatic carbocycles. The number of amides is 1. The quantitative estimate of drug-likeness (QED) is 0.482. The summed E-state index contributed by atoms with van der Waals surface area (Å²) in [6, 6.07) is 12.6. The van der Waals surface area contributed by atoms with E-state index in [1.165, 1.54) is 18.2 Å². The van der Waals surface area contributed by atoms with E-state index in [0.29, 0.717) is 16.5 Å². The first-order valence-corrected chi connectivity index (χ1v) is 8.79. The largest absolute Gasteiger partial charge is 0.573 e. The van der Waals surface area contributed by atoms with Gasteiger partial charge < -0.3 is 19.2 Å². The molecule has 1 aromatic heterocycles. The number of rotatable bonds is 6. The maximum atomic E-state index is 12.2. The molecule has 10 heteroatoms. The molecule has 1 N–H and O–H groups in total. The van der Waals surface area contributed by atoms with Crippen LogP contribution in [0.2, 0.25) is 10.0 Å². The summed E-state index contributed by atoms with van der Waals surface area (Å²) in [5.74, 6) is -0.256. The predicted octanol–water partition coefficient (Wildman–Crippen LogP) is 6.32. The Kier molecular flexibility index (Phi) is 6.24. The Hall–Kier alpha value is -2.84. The fraction of sp³-hybridized carbons (Fsp3) is 0.105. The van der Waals surface area contributed by atoms with Crippen LogP contribution in [-0.2, 0) is 6.61 Å². The standard InChI is InChI=1S/C19H12Cl2F3NO4/c20-14-2-1-3-15(17(14)21)27-10-13-8-9-16(28-13)18(26)25-11-4-6-12(7-5-11)29-19(22,23)24/h1-9H,10H2,(H,25,26). The van der Waals surface area contributed by atoms with Gasteiger partial charge in [0.15, 0.2) is 5.76 Å². The Morgan fingerprint density at radius 2 is 1.76 bits per heavy atom. The Labute approximate surface area is 172 Å². The van der Waals surface area contributed by atoms with Crippen LogP contribution in [0.15, 0.2) is 59.0 Å². The molecule has 0 unspecified atom stereocenters. The molecule has 0 saturated carbocycles. The Morgan fingerprint density at radius 1 is 1.03 bits per heavy atom. The van der Waals surface area contributed by atoms with Crippen molar-refractivity contribution in [2.75, 3.05) is 5.32 Å². The lowest BCUT2D eigenvalue weighted by Gasteiger charge is -2.09. The highest BCUT2D eigenvalue weighted by Gasteiger charge is 2.31. The van der Waals surface area contributed by atoms with E-state index in [4.69, 9.17) is 32.4 Å². The van der Waals surface area contributed by atoms with Gasteiger partial charge in [0.1, 0.15) is 28.9 Å². The molecule has 0 saturated heterocycles. The van der Waals surface area contributed by atoms with Gasteiger partial charge in [-0.2, -0.15) is 0 Å². The Morgan fingerprint density at radius 3 is 2.45 bits per heavy atom. The summed E-state index contributed by atoms with van der Waals surface area (Å²) in [4.78, 5) is 12.2. The number of hydrogen-bond donors (Lipinski definition) is 1. The van der Waals surface area contributed by atoms with Crippen LogP contribution in [0, 0.1) is 0 Å². The fourth-order valence-electron chi connectivity index (χ4n) is 2.25. The second-order valence-electron chi connectivity index (χ2n) is 5.63. The SMILES string of the molecule is O=C(Nc1ccc(OC(F)(F)F)cc1)c1ccc(COc2cccc(Cl)c2Cl)o1. The summed E-state index contributed by atoms with van der Waals surface area (Å²) >= 11 is 11.9. The van der Waals surface area contributed by atoms with Crippen LogP contribution in [0.5, 0.6) is 11.5 Å². The van der Waals surface area contributed by atoms with E-state index >= 15 is 0 Å². The molecule has 3 rings (SSSR count). The van der Waals surface area contributed by atoms with Gasteiger partial charge in [0, 0.05) is 5.69 Å². The summed E-state index contributed by atoms with van der Waals surface area (Å²) in [5.41, 5.74) is 0.268. The van der Waals surface area contributed by atoms with E-state index in [1.807, 2.05) is 0 Å². The molecule has 0 atom stereocenters. The summed E-state index contributed by atoms with van der Waals surface area (Å²) in [6.07, 6.45) is -4.79. The molecule has 0 radical (unpaired) electrons. The topological polar surface area (TPSA) is 60.7 Å². The molecule has 1 amide bonds. The molecule has 3 aromatic rings. The zero-order valence-electron chi connectivity index (χ0n) is 14.4. The van der Waals surface area contributed by atoms with Crippen molar-refractivity contribution in [3.05, 3.63) is 76.2 Å². The van der Waals surface area contributed by atoms with Crippen molar-refractivity contribution in [1.29, 1.82) is 0 Å². The number of furan rings is 1. The van der Waals surface area contributed by atoms with Crippen LogP contribution in [0.3, 0.4) is 0 Å². The number of nitrogens with one attached hydrogen (secondary N) is 1. The van der Waals surface area contributed by atoms with Gasteiger partial charge in [0.25, 0.3) is 5.91 Å². The highest BCUT2D eigenvalue weighted by Crippen LogP contribution is 2.32. The van der Waals surface area contributed by atoms with Crippen LogP contribution in [0.4, 0.5) is 18.9 Å². The number of anilines is 1. The maximum Gasteiger partial charge on any atom is 0.573 e. The molecule has 0 aliphatic carbocycles. The number of hydrogen-bond acceptors (Lipinski definition) is 4. The van der Waals surface area contributed by atoms with Gasteiger partial charge in [-0.25, -0.2) is 0 Å². The molecule has 0 spiro atoms. The highest BCUT2D eigenvalue weighted by molar-refractivity contribution is 6.42. The van der Waals surface area contributed by atoms with Gasteiger partial charge in [-0.05, 0) is 48.5 Å². The van der Waals surface area contributed by atoms with Crippen LogP contribution in [0.25, 0.3) is 0 Å². The van der Waals surface area contributed by atoms with E-state index in [0.717, 1.165) is 12.1 Å². The van der Waals surface area contributed by atoms with Crippen LogP contribution < -0.4 is 14.8 Å². The summed E-state index contributed by atoms with van der Waals surface area (Å²) in [5, 5.41) is 3.11. The molecule has 0 fully saturated rings. The van der Waals surface area contributed by atoms with Crippen molar-refractivity contribution in [3.8, 4) is 11.5 Å². The van der Waals surface area contributed by atoms with Crippen LogP contribution in [-0.4, -0.2) is 12.3 Å². The van der Waals surface area contributed by atoms with Gasteiger partial charge in [-0.3, -0.25) is 4.79 Å². The van der Waals surface area contributed by atoms with E-state index < -0.39 is 18.0 Å². The molecular formula is C19H12Cl2F3NO4. The highest BCUT2D eigenvalue weighted by atomic mass is 35.5. The normalized spacial score (nSPS) is 11.2. The second kappa shape index (κ2) is 8.67. The summed E-state index contributed by atoms with van der Waals surface area (Å²) in [7, 11) is 0. The Bertz CT molecular complexity index is 1000. The number of benzene rings is 2. The van der Waals surface area contributed by atoms with Crippen LogP contribution in [0.1, 0.15) is 16.3 Å². The first-order chi connectivity index (χ1) is 13.7. The monoisotopic (exact) mass is 445 g/mol. The van der Waals surface area contributed by atoms with Gasteiger partial charge in [0.2, 0.25) is 0 Å². The van der Waals surface area contributed by atoms with Gasteiger partial charge >= 0.3 is 6.36 Å². The van der Waals surface area contributed by atoms with E-state index in [9.17, 15) is 18.0 Å². The van der Waals surface area contributed by atoms with E-state index in [2.05, 4.69) is 10.1 Å². The van der Waals surface area contributed by atoms with Gasteiger partial charge in [0.05, 0.1) is 5.02 Å². The number of halogens is 5. The molecule has 152 valence electrons. The number of alkyl halides is 3. The summed E-state index contributed by atoms with van der Waals surface area (Å²) < 4.78 is 51.2. The van der Waals surface area contributed by atoms with Crippen molar-refractivity contribution in [2.45, 2.75) is 13.0 Å². The minimum Gasteiger partial charge on any atom is -0.484 e. The van der Waals surface area contributed by atoms with E-state index in [1.54, 1.807) is 24.3 Å². The lowest BCUT2D eigenvalue weighted by Crippen LogP contribution is -2.17. The molecular weight excluding hydrogens is 434 g/mol. The number of carbonyl (C=O) groups excluding carboxylic acids is 1. The van der Waals surface area contributed by atoms with Crippen LogP contribution >= 0.6 is 23.2 Å². The molecule has 0 aliphatic heterocycles. The average molecular weight is 446 g/mol. The molecule has 5 nitrogen and oxygen atoms in total. The first-order valence-electron chi connectivity index (χ1n) is 8.04. The van der Waals surface area contributed by atoms with Crippen molar-refractivity contribution in [3.63, 3.8) is 0 Å². The van der Waals surface area contributed by atoms with Crippen molar-refractivity contribution >= 4 is 34.8 Å². The third-order valence-electron chi connectivity index (χ3n) is 3.52. The zero-order valence-corrected chi connectivity index (χ0v) is 15.9. The zero-order chi connectivity index (χ0) is 21.0. The van der Waals surface area contributed by atoms with Crippen molar-refractivity contribution in [2.24, 2.45) is 0 Å². The first kappa shape index (κ1) is 20.9. The Balaban J connectivity index is 1.58. The lowest BCUT2D eigenvalue weighted by molar-refractivity contribution is -0.274. The molecule has 1 heterocycles. The fourth-order valence-corrected chi connectivity index (χ4v) is 2.60. The number of carbonyl (C=O) groups is 1. The maximum absolute atomic E-state index is 12.2. The number of ether oxygens (including phenoxy) is 2. The third-order valence-corrected chi connectivity index (χ3v) is 4.32. The average Bonchev–Trinajstić information content (AvgIpc) is 3.12. The van der Waals surface area contributed by atoms with E-state index in [-0.39, 0.29) is 23.1 Å². The van der Waals surface area contributed by atoms with Crippen molar-refractivity contribution in [1.82, 2.24) is 0 Å². The minimum atomic E-state index is -4.79. The van der Waals surface area contributed by atoms with Crippen molar-refractivity contribution < 1.29 is 31.9 Å². The summed E-state index contributed by atoms with van der Waals surface area (Å²) in [6.45, 7) is 0.0107. The smallest absolute Gasteiger partial charge is 0.484 e. The third kappa shape index (κ3) is 5.82. The molecule has 29 heavy (non-hydrogen) atoms. The van der Waals surface area contributed by atoms with Gasteiger partial charge in [-0.1, -0.05) is 29.3 Å². The minimum absolute atomic E-state index is 0.00332. The lowest BCUT2D eigenvalue weighted by atomic mass is 10.3. The molecule has 0 aliphatic rings. The predicted molar refractivity (Wildman–Crippen MR) is 101 cm³/mol. The second-order valence-corrected chi connectivity index (χ2v) is 6.42. The van der Waals surface area contributed by atoms with Gasteiger partial charge in [-0.15, -0.1) is 13.2 Å².